The molecule has 0 saturated carbocycles. The summed E-state index contributed by atoms with van der Waals surface area (Å²) in [5, 5.41) is 20.5. The Morgan fingerprint density at radius 2 is 2.06 bits per heavy atom. The van der Waals surface area contributed by atoms with Crippen molar-refractivity contribution in [3.05, 3.63) is 65.9 Å². The van der Waals surface area contributed by atoms with E-state index in [1.54, 1.807) is 31.2 Å². The van der Waals surface area contributed by atoms with E-state index in [-0.39, 0.29) is 5.69 Å². The van der Waals surface area contributed by atoms with Gasteiger partial charge in [0.05, 0.1) is 25.1 Å². The Bertz CT molecular complexity index is 960. The molecule has 0 aliphatic rings. The lowest BCUT2D eigenvalue weighted by molar-refractivity contribution is 0.102. The lowest BCUT2D eigenvalue weighted by Gasteiger charge is -2.12. The first-order valence-electron chi connectivity index (χ1n) is 10.2. The Kier molecular flexibility index (Phi) is 9.35. The maximum absolute atomic E-state index is 12.9. The van der Waals surface area contributed by atoms with Crippen LogP contribution in [-0.2, 0) is 4.74 Å². The van der Waals surface area contributed by atoms with Crippen molar-refractivity contribution >= 4 is 17.3 Å². The molecule has 0 spiro atoms. The molecule has 0 fully saturated rings. The third-order valence-electron chi connectivity index (χ3n) is 4.48. The number of hydrogen-bond acceptors (Lipinski definition) is 6. The molecule has 2 rings (SSSR count). The number of allylic oxidation sites excluding steroid dienone is 4. The zero-order chi connectivity index (χ0) is 22.6. The van der Waals surface area contributed by atoms with Crippen molar-refractivity contribution in [1.82, 2.24) is 15.0 Å². The summed E-state index contributed by atoms with van der Waals surface area (Å²) in [6.07, 6.45) is 9.16. The Morgan fingerprint density at radius 3 is 2.74 bits per heavy atom. The van der Waals surface area contributed by atoms with Crippen molar-refractivity contribution in [2.75, 3.05) is 19.0 Å². The lowest BCUT2D eigenvalue weighted by atomic mass is 10.2. The van der Waals surface area contributed by atoms with Gasteiger partial charge >= 0.3 is 0 Å². The summed E-state index contributed by atoms with van der Waals surface area (Å²) in [7, 11) is 1.52. The molecule has 31 heavy (non-hydrogen) atoms. The van der Waals surface area contributed by atoms with Gasteiger partial charge in [-0.3, -0.25) is 4.79 Å². The van der Waals surface area contributed by atoms with E-state index in [4.69, 9.17) is 9.47 Å². The molecule has 0 unspecified atom stereocenters. The average molecular weight is 427 g/mol. The smallest absolute Gasteiger partial charge is 0.278 e. The first-order chi connectivity index (χ1) is 15.0. The summed E-state index contributed by atoms with van der Waals surface area (Å²) in [6.45, 7) is 6.26. The van der Waals surface area contributed by atoms with Crippen molar-refractivity contribution in [1.29, 1.82) is 0 Å². The SMILES string of the molecule is C\C=C/C(=C\C(=C\O)n1nnc(C(=O)Nc2ccccc2OCCCCC)c1C)OC. The third kappa shape index (κ3) is 6.47. The van der Waals surface area contributed by atoms with Gasteiger partial charge in [0.25, 0.3) is 5.91 Å². The van der Waals surface area contributed by atoms with Crippen LogP contribution in [0, 0.1) is 6.92 Å². The fourth-order valence-electron chi connectivity index (χ4n) is 2.83. The van der Waals surface area contributed by atoms with Crippen LogP contribution in [0.1, 0.15) is 49.3 Å². The van der Waals surface area contributed by atoms with E-state index in [1.807, 2.05) is 25.1 Å². The minimum absolute atomic E-state index is 0.138. The fourth-order valence-corrected chi connectivity index (χ4v) is 2.83. The van der Waals surface area contributed by atoms with Gasteiger partial charge in [-0.05, 0) is 38.5 Å². The zero-order valence-corrected chi connectivity index (χ0v) is 18.5. The monoisotopic (exact) mass is 426 g/mol. The molecular formula is C23H30N4O4. The molecule has 1 aromatic heterocycles. The minimum Gasteiger partial charge on any atom is -0.513 e. The number of aliphatic hydroxyl groups excluding tert-OH is 1. The first-order valence-corrected chi connectivity index (χ1v) is 10.2. The maximum Gasteiger partial charge on any atom is 0.278 e. The van der Waals surface area contributed by atoms with E-state index in [2.05, 4.69) is 22.6 Å². The van der Waals surface area contributed by atoms with Crippen LogP contribution in [0.2, 0.25) is 0 Å². The topological polar surface area (TPSA) is 98.5 Å². The van der Waals surface area contributed by atoms with Crippen molar-refractivity contribution < 1.29 is 19.4 Å². The molecule has 166 valence electrons. The van der Waals surface area contributed by atoms with Crippen LogP contribution >= 0.6 is 0 Å². The zero-order valence-electron chi connectivity index (χ0n) is 18.5. The van der Waals surface area contributed by atoms with Gasteiger partial charge in [-0.1, -0.05) is 43.2 Å². The van der Waals surface area contributed by atoms with E-state index < -0.39 is 5.91 Å². The second-order valence-corrected chi connectivity index (χ2v) is 6.75. The van der Waals surface area contributed by atoms with Crippen LogP contribution in [-0.4, -0.2) is 39.7 Å². The number of nitrogens with zero attached hydrogens (tertiary/aromatic N) is 3. The summed E-state index contributed by atoms with van der Waals surface area (Å²) < 4.78 is 12.4. The summed E-state index contributed by atoms with van der Waals surface area (Å²) in [5.41, 5.74) is 1.47. The van der Waals surface area contributed by atoms with Gasteiger partial charge in [0.1, 0.15) is 23.5 Å². The Labute approximate surface area is 182 Å². The molecule has 0 bridgehead atoms. The predicted octanol–water partition coefficient (Wildman–Crippen LogP) is 4.87. The molecule has 0 aliphatic heterocycles. The molecule has 0 radical (unpaired) electrons. The van der Waals surface area contributed by atoms with Gasteiger partial charge in [0.15, 0.2) is 5.69 Å². The number of benzene rings is 1. The largest absolute Gasteiger partial charge is 0.513 e. The Hall–Kier alpha value is -3.55. The number of carbonyl (C=O) groups is 1. The number of amides is 1. The number of carbonyl (C=O) groups excluding carboxylic acids is 1. The summed E-state index contributed by atoms with van der Waals surface area (Å²) in [6, 6.07) is 7.27. The molecule has 8 nitrogen and oxygen atoms in total. The van der Waals surface area contributed by atoms with E-state index in [1.165, 1.54) is 11.8 Å². The highest BCUT2D eigenvalue weighted by molar-refractivity contribution is 6.04. The number of aromatic nitrogens is 3. The van der Waals surface area contributed by atoms with Crippen molar-refractivity contribution in [3.8, 4) is 5.75 Å². The third-order valence-corrected chi connectivity index (χ3v) is 4.48. The van der Waals surface area contributed by atoms with E-state index in [9.17, 15) is 9.90 Å². The molecule has 0 saturated heterocycles. The average Bonchev–Trinajstić information content (AvgIpc) is 3.16. The molecule has 0 atom stereocenters. The fraction of sp³-hybridized carbons (Fsp3) is 0.348. The number of nitrogens with one attached hydrogen (secondary N) is 1. The number of ether oxygens (including phenoxy) is 2. The molecule has 2 N–H and O–H groups in total. The molecule has 1 amide bonds. The van der Waals surface area contributed by atoms with Crippen LogP contribution < -0.4 is 10.1 Å². The highest BCUT2D eigenvalue weighted by Gasteiger charge is 2.19. The number of unbranched alkanes of at least 4 members (excludes halogenated alkanes) is 2. The normalized spacial score (nSPS) is 12.3. The van der Waals surface area contributed by atoms with E-state index >= 15 is 0 Å². The first kappa shape index (κ1) is 23.7. The molecule has 2 aromatic rings. The maximum atomic E-state index is 12.9. The second-order valence-electron chi connectivity index (χ2n) is 6.75. The van der Waals surface area contributed by atoms with Gasteiger partial charge < -0.3 is 19.9 Å². The van der Waals surface area contributed by atoms with Gasteiger partial charge in [-0.15, -0.1) is 5.10 Å². The molecule has 8 heteroatoms. The summed E-state index contributed by atoms with van der Waals surface area (Å²) in [4.78, 5) is 12.9. The number of anilines is 1. The number of rotatable bonds is 11. The van der Waals surface area contributed by atoms with Gasteiger partial charge in [-0.2, -0.15) is 0 Å². The number of para-hydroxylation sites is 2. The van der Waals surface area contributed by atoms with E-state index in [0.29, 0.717) is 35.2 Å². The van der Waals surface area contributed by atoms with Crippen LogP contribution in [0.15, 0.2) is 54.5 Å². The minimum atomic E-state index is -0.421. The van der Waals surface area contributed by atoms with Gasteiger partial charge in [-0.25, -0.2) is 4.68 Å². The van der Waals surface area contributed by atoms with Gasteiger partial charge in [0.2, 0.25) is 0 Å². The number of hydrogen-bond donors (Lipinski definition) is 2. The lowest BCUT2D eigenvalue weighted by Crippen LogP contribution is -2.15. The molecule has 1 aromatic carbocycles. The van der Waals surface area contributed by atoms with Crippen LogP contribution in [0.5, 0.6) is 5.75 Å². The molecular weight excluding hydrogens is 396 g/mol. The van der Waals surface area contributed by atoms with Crippen LogP contribution in [0.25, 0.3) is 5.70 Å². The molecule has 1 heterocycles. The van der Waals surface area contributed by atoms with Gasteiger partial charge in [0, 0.05) is 6.08 Å². The summed E-state index contributed by atoms with van der Waals surface area (Å²) >= 11 is 0. The quantitative estimate of drug-likeness (QED) is 0.302. The number of methoxy groups -OCH3 is 1. The number of aliphatic hydroxyl groups is 1. The molecule has 0 aliphatic carbocycles. The Balaban J connectivity index is 2.21. The Morgan fingerprint density at radius 1 is 1.29 bits per heavy atom. The van der Waals surface area contributed by atoms with Crippen molar-refractivity contribution in [2.24, 2.45) is 0 Å². The predicted molar refractivity (Wildman–Crippen MR) is 121 cm³/mol. The van der Waals surface area contributed by atoms with Crippen molar-refractivity contribution in [3.63, 3.8) is 0 Å². The highest BCUT2D eigenvalue weighted by atomic mass is 16.5. The van der Waals surface area contributed by atoms with Crippen molar-refractivity contribution in [2.45, 2.75) is 40.0 Å². The standard InChI is InChI=1S/C23H30N4O4/c1-5-7-10-14-31-21-13-9-8-12-20(21)24-23(29)22-17(3)27(26-25-22)18(16-28)15-19(30-4)11-6-2/h6,8-9,11-13,15-16,28H,5,7,10,14H2,1-4H3,(H,24,29)/b11-6-,18-16-,19-15+. The highest BCUT2D eigenvalue weighted by Crippen LogP contribution is 2.25. The van der Waals surface area contributed by atoms with E-state index in [0.717, 1.165) is 25.5 Å². The van der Waals surface area contributed by atoms with Crippen LogP contribution in [0.4, 0.5) is 5.69 Å². The second kappa shape index (κ2) is 12.2. The summed E-state index contributed by atoms with van der Waals surface area (Å²) in [5.74, 6) is 0.694. The van der Waals surface area contributed by atoms with Crippen LogP contribution in [0.3, 0.4) is 0 Å².